The molecule has 0 saturated heterocycles. The Morgan fingerprint density at radius 2 is 2.43 bits per heavy atom. The molecule has 1 rings (SSSR count). The Hall–Kier alpha value is -0.920. The minimum absolute atomic E-state index is 0.126. The molecule has 1 unspecified atom stereocenters. The van der Waals surface area contributed by atoms with Gasteiger partial charge in [-0.3, -0.25) is 5.10 Å². The van der Waals surface area contributed by atoms with E-state index in [9.17, 15) is 8.42 Å². The van der Waals surface area contributed by atoms with Crippen molar-refractivity contribution in [3.05, 3.63) is 12.4 Å². The van der Waals surface area contributed by atoms with Crippen molar-refractivity contribution >= 4 is 10.0 Å². The van der Waals surface area contributed by atoms with E-state index in [1.165, 1.54) is 19.5 Å². The van der Waals surface area contributed by atoms with Crippen LogP contribution < -0.4 is 4.72 Å². The van der Waals surface area contributed by atoms with Gasteiger partial charge in [0, 0.05) is 19.9 Å². The highest BCUT2D eigenvalue weighted by molar-refractivity contribution is 7.89. The van der Waals surface area contributed by atoms with Crippen LogP contribution in [0, 0.1) is 0 Å². The minimum atomic E-state index is -3.45. The second-order valence-corrected chi connectivity index (χ2v) is 4.60. The third kappa shape index (κ3) is 2.79. The van der Waals surface area contributed by atoms with Crippen molar-refractivity contribution in [1.82, 2.24) is 14.9 Å². The Bertz CT molecular complexity index is 360. The van der Waals surface area contributed by atoms with Crippen molar-refractivity contribution < 1.29 is 13.2 Å². The third-order valence-electron chi connectivity index (χ3n) is 1.75. The zero-order valence-electron chi connectivity index (χ0n) is 8.02. The summed E-state index contributed by atoms with van der Waals surface area (Å²) in [6.07, 6.45) is 2.41. The topological polar surface area (TPSA) is 84.1 Å². The summed E-state index contributed by atoms with van der Waals surface area (Å²) in [7, 11) is -1.92. The van der Waals surface area contributed by atoms with Crippen molar-refractivity contribution in [3.63, 3.8) is 0 Å². The number of ether oxygens (including phenoxy) is 1. The molecule has 7 heteroatoms. The van der Waals surface area contributed by atoms with Crippen molar-refractivity contribution in [2.24, 2.45) is 0 Å². The summed E-state index contributed by atoms with van der Waals surface area (Å²) < 4.78 is 30.3. The zero-order chi connectivity index (χ0) is 10.6. The van der Waals surface area contributed by atoms with E-state index >= 15 is 0 Å². The van der Waals surface area contributed by atoms with Crippen LogP contribution >= 0.6 is 0 Å². The SMILES string of the molecule is COC(C)CNS(=O)(=O)c1cn[nH]c1. The summed E-state index contributed by atoms with van der Waals surface area (Å²) in [5.41, 5.74) is 0. The molecule has 0 fully saturated rings. The smallest absolute Gasteiger partial charge is 0.243 e. The molecular formula is C7H13N3O3S. The Balaban J connectivity index is 2.60. The standard InChI is InChI=1S/C7H13N3O3S/c1-6(13-2)3-10-14(11,12)7-4-8-9-5-7/h4-6,10H,3H2,1-2H3,(H,8,9). The molecule has 0 radical (unpaired) electrons. The van der Waals surface area contributed by atoms with Gasteiger partial charge < -0.3 is 4.74 Å². The predicted octanol–water partition coefficient (Wildman–Crippen LogP) is -0.277. The second kappa shape index (κ2) is 4.54. The van der Waals surface area contributed by atoms with E-state index in [-0.39, 0.29) is 17.5 Å². The first-order chi connectivity index (χ1) is 6.56. The van der Waals surface area contributed by atoms with Crippen molar-refractivity contribution in [2.75, 3.05) is 13.7 Å². The molecule has 2 N–H and O–H groups in total. The average Bonchev–Trinajstić information content (AvgIpc) is 2.67. The Morgan fingerprint density at radius 1 is 1.71 bits per heavy atom. The number of aromatic nitrogens is 2. The fourth-order valence-corrected chi connectivity index (χ4v) is 1.80. The highest BCUT2D eigenvalue weighted by Gasteiger charge is 2.15. The van der Waals surface area contributed by atoms with E-state index in [0.29, 0.717) is 0 Å². The first kappa shape index (κ1) is 11.2. The van der Waals surface area contributed by atoms with E-state index in [1.807, 2.05) is 0 Å². The quantitative estimate of drug-likeness (QED) is 0.713. The molecule has 14 heavy (non-hydrogen) atoms. The van der Waals surface area contributed by atoms with Crippen LogP contribution in [0.15, 0.2) is 17.3 Å². The number of hydrogen-bond acceptors (Lipinski definition) is 4. The molecule has 0 aliphatic heterocycles. The molecule has 1 aromatic rings. The van der Waals surface area contributed by atoms with E-state index in [0.717, 1.165) is 0 Å². The monoisotopic (exact) mass is 219 g/mol. The van der Waals surface area contributed by atoms with Gasteiger partial charge in [0.2, 0.25) is 10.0 Å². The fourth-order valence-electron chi connectivity index (χ4n) is 0.780. The van der Waals surface area contributed by atoms with Gasteiger partial charge >= 0.3 is 0 Å². The van der Waals surface area contributed by atoms with E-state index < -0.39 is 10.0 Å². The van der Waals surface area contributed by atoms with Crippen molar-refractivity contribution in [1.29, 1.82) is 0 Å². The van der Waals surface area contributed by atoms with Gasteiger partial charge in [-0.1, -0.05) is 0 Å². The van der Waals surface area contributed by atoms with E-state index in [4.69, 9.17) is 4.74 Å². The number of hydrogen-bond donors (Lipinski definition) is 2. The lowest BCUT2D eigenvalue weighted by molar-refractivity contribution is 0.122. The molecule has 0 saturated carbocycles. The maximum atomic E-state index is 11.5. The molecule has 6 nitrogen and oxygen atoms in total. The number of nitrogens with zero attached hydrogens (tertiary/aromatic N) is 1. The van der Waals surface area contributed by atoms with Crippen LogP contribution in [0.25, 0.3) is 0 Å². The Labute approximate surface area is 82.7 Å². The highest BCUT2D eigenvalue weighted by atomic mass is 32.2. The van der Waals surface area contributed by atoms with Crippen LogP contribution in [-0.4, -0.2) is 38.4 Å². The van der Waals surface area contributed by atoms with Gasteiger partial charge in [0.1, 0.15) is 4.90 Å². The Morgan fingerprint density at radius 3 is 2.93 bits per heavy atom. The molecule has 1 atom stereocenters. The van der Waals surface area contributed by atoms with Crippen LogP contribution in [-0.2, 0) is 14.8 Å². The summed E-state index contributed by atoms with van der Waals surface area (Å²) in [5, 5.41) is 6.00. The van der Waals surface area contributed by atoms with Crippen LogP contribution in [0.3, 0.4) is 0 Å². The van der Waals surface area contributed by atoms with Crippen LogP contribution in [0.4, 0.5) is 0 Å². The van der Waals surface area contributed by atoms with Gasteiger partial charge in [-0.2, -0.15) is 5.10 Å². The zero-order valence-corrected chi connectivity index (χ0v) is 8.84. The lowest BCUT2D eigenvalue weighted by Gasteiger charge is -2.09. The number of aromatic amines is 1. The molecular weight excluding hydrogens is 206 g/mol. The summed E-state index contributed by atoms with van der Waals surface area (Å²) in [5.74, 6) is 0. The van der Waals surface area contributed by atoms with E-state index in [1.54, 1.807) is 6.92 Å². The largest absolute Gasteiger partial charge is 0.380 e. The Kier molecular flexibility index (Phi) is 3.62. The summed E-state index contributed by atoms with van der Waals surface area (Å²) in [4.78, 5) is 0.126. The molecule has 0 aliphatic carbocycles. The molecule has 1 heterocycles. The number of sulfonamides is 1. The summed E-state index contributed by atoms with van der Waals surface area (Å²) in [6.45, 7) is 2.02. The van der Waals surface area contributed by atoms with Crippen LogP contribution in [0.5, 0.6) is 0 Å². The molecule has 0 aromatic carbocycles. The van der Waals surface area contributed by atoms with Crippen LogP contribution in [0.2, 0.25) is 0 Å². The van der Waals surface area contributed by atoms with Gasteiger partial charge in [0.25, 0.3) is 0 Å². The molecule has 1 aromatic heterocycles. The van der Waals surface area contributed by atoms with Gasteiger partial charge in [-0.25, -0.2) is 13.1 Å². The van der Waals surface area contributed by atoms with Gasteiger partial charge in [-0.05, 0) is 6.92 Å². The van der Waals surface area contributed by atoms with Gasteiger partial charge in [0.15, 0.2) is 0 Å². The fraction of sp³-hybridized carbons (Fsp3) is 0.571. The number of nitrogens with one attached hydrogen (secondary N) is 2. The molecule has 0 bridgehead atoms. The summed E-state index contributed by atoms with van der Waals surface area (Å²) >= 11 is 0. The normalized spacial score (nSPS) is 14.1. The molecule has 80 valence electrons. The lowest BCUT2D eigenvalue weighted by Crippen LogP contribution is -2.31. The number of methoxy groups -OCH3 is 1. The second-order valence-electron chi connectivity index (χ2n) is 2.83. The average molecular weight is 219 g/mol. The maximum Gasteiger partial charge on any atom is 0.243 e. The highest BCUT2D eigenvalue weighted by Crippen LogP contribution is 2.03. The third-order valence-corrected chi connectivity index (χ3v) is 3.14. The van der Waals surface area contributed by atoms with Gasteiger partial charge in [-0.15, -0.1) is 0 Å². The lowest BCUT2D eigenvalue weighted by atomic mass is 10.4. The number of H-pyrrole nitrogens is 1. The first-order valence-corrected chi connectivity index (χ1v) is 5.56. The van der Waals surface area contributed by atoms with Crippen LogP contribution in [0.1, 0.15) is 6.92 Å². The summed E-state index contributed by atoms with van der Waals surface area (Å²) in [6, 6.07) is 0. The molecule has 0 amide bonds. The van der Waals surface area contributed by atoms with Gasteiger partial charge in [0.05, 0.1) is 12.3 Å². The van der Waals surface area contributed by atoms with Crippen molar-refractivity contribution in [2.45, 2.75) is 17.9 Å². The molecule has 0 spiro atoms. The number of rotatable bonds is 5. The van der Waals surface area contributed by atoms with Crippen molar-refractivity contribution in [3.8, 4) is 0 Å². The minimum Gasteiger partial charge on any atom is -0.380 e. The molecule has 0 aliphatic rings. The maximum absolute atomic E-state index is 11.5. The first-order valence-electron chi connectivity index (χ1n) is 4.07. The predicted molar refractivity (Wildman–Crippen MR) is 50.2 cm³/mol. The van der Waals surface area contributed by atoms with E-state index in [2.05, 4.69) is 14.9 Å².